The highest BCUT2D eigenvalue weighted by atomic mass is 16.1. The first-order valence-electron chi connectivity index (χ1n) is 5.79. The van der Waals surface area contributed by atoms with Gasteiger partial charge in [0.1, 0.15) is 0 Å². The molecule has 0 radical (unpaired) electrons. The molecule has 1 aromatic heterocycles. The number of hydrogen-bond acceptors (Lipinski definition) is 3. The van der Waals surface area contributed by atoms with Crippen LogP contribution in [-0.4, -0.2) is 22.9 Å². The van der Waals surface area contributed by atoms with Gasteiger partial charge in [0.25, 0.3) is 0 Å². The van der Waals surface area contributed by atoms with Gasteiger partial charge in [-0.3, -0.25) is 4.79 Å². The number of amides is 1. The number of likely N-dealkylation sites (N-methyl/N-ethyl adjacent to an activating group) is 1. The molecule has 5 heteroatoms. The number of benzene rings is 1. The van der Waals surface area contributed by atoms with Crippen LogP contribution in [-0.2, 0) is 17.8 Å². The molecule has 0 aliphatic heterocycles. The van der Waals surface area contributed by atoms with Gasteiger partial charge in [0.05, 0.1) is 25.0 Å². The summed E-state index contributed by atoms with van der Waals surface area (Å²) < 4.78 is 0. The summed E-state index contributed by atoms with van der Waals surface area (Å²) >= 11 is 0. The van der Waals surface area contributed by atoms with Crippen LogP contribution in [0.25, 0.3) is 0 Å². The van der Waals surface area contributed by atoms with Gasteiger partial charge in [0.15, 0.2) is 0 Å². The van der Waals surface area contributed by atoms with Crippen LogP contribution in [0, 0.1) is 0 Å². The maximum absolute atomic E-state index is 11.4. The number of H-pyrrole nitrogens is 1. The molecule has 0 aliphatic carbocycles. The quantitative estimate of drug-likeness (QED) is 0.742. The van der Waals surface area contributed by atoms with E-state index in [1.54, 1.807) is 19.6 Å². The number of nitrogens with one attached hydrogen (secondary N) is 3. The van der Waals surface area contributed by atoms with Crippen molar-refractivity contribution < 1.29 is 4.79 Å². The first kappa shape index (κ1) is 12.2. The molecule has 0 spiro atoms. The van der Waals surface area contributed by atoms with Gasteiger partial charge in [0, 0.05) is 18.9 Å². The number of anilines is 1. The lowest BCUT2D eigenvalue weighted by Gasteiger charge is -2.10. The number of carbonyl (C=O) groups excluding carboxylic acids is 1. The third-order valence-electron chi connectivity index (χ3n) is 2.67. The van der Waals surface area contributed by atoms with Gasteiger partial charge >= 0.3 is 0 Å². The highest BCUT2D eigenvalue weighted by Gasteiger charge is 2.06. The molecule has 18 heavy (non-hydrogen) atoms. The lowest BCUT2D eigenvalue weighted by Crippen LogP contribution is -2.20. The molecular formula is C13H16N4O. The van der Waals surface area contributed by atoms with Crippen molar-refractivity contribution in [2.24, 2.45) is 0 Å². The maximum atomic E-state index is 11.4. The molecule has 3 N–H and O–H groups in total. The van der Waals surface area contributed by atoms with Crippen LogP contribution in [0.1, 0.15) is 11.3 Å². The second-order valence-corrected chi connectivity index (χ2v) is 3.94. The van der Waals surface area contributed by atoms with E-state index in [2.05, 4.69) is 20.6 Å². The zero-order valence-electron chi connectivity index (χ0n) is 10.2. The number of carbonyl (C=O) groups is 1. The minimum atomic E-state index is 0.00536. The summed E-state index contributed by atoms with van der Waals surface area (Å²) in [5.74, 6) is 0.00536. The van der Waals surface area contributed by atoms with Crippen molar-refractivity contribution in [2.45, 2.75) is 13.0 Å². The highest BCUT2D eigenvalue weighted by Crippen LogP contribution is 2.16. The van der Waals surface area contributed by atoms with Crippen LogP contribution >= 0.6 is 0 Å². The fourth-order valence-electron chi connectivity index (χ4n) is 1.68. The topological polar surface area (TPSA) is 69.8 Å². The Bertz CT molecular complexity index is 507. The van der Waals surface area contributed by atoms with Crippen molar-refractivity contribution in [2.75, 3.05) is 12.4 Å². The molecule has 0 unspecified atom stereocenters. The van der Waals surface area contributed by atoms with Gasteiger partial charge in [0.2, 0.25) is 5.91 Å². The molecular weight excluding hydrogens is 228 g/mol. The van der Waals surface area contributed by atoms with Gasteiger partial charge in [-0.1, -0.05) is 18.2 Å². The molecule has 0 saturated carbocycles. The molecule has 1 heterocycles. The number of para-hydroxylation sites is 1. The number of imidazole rings is 1. The molecule has 0 saturated heterocycles. The van der Waals surface area contributed by atoms with Crippen LogP contribution < -0.4 is 10.6 Å². The largest absolute Gasteiger partial charge is 0.379 e. The van der Waals surface area contributed by atoms with Crippen LogP contribution in [0.15, 0.2) is 36.8 Å². The van der Waals surface area contributed by atoms with Crippen molar-refractivity contribution in [3.05, 3.63) is 48.0 Å². The summed E-state index contributed by atoms with van der Waals surface area (Å²) in [6.45, 7) is 0.657. The SMILES string of the molecule is CNC(=O)Cc1ccccc1NCc1cnc[nH]1. The molecule has 1 aromatic carbocycles. The van der Waals surface area contributed by atoms with E-state index in [9.17, 15) is 4.79 Å². The monoisotopic (exact) mass is 244 g/mol. The van der Waals surface area contributed by atoms with Crippen LogP contribution in [0.3, 0.4) is 0 Å². The second-order valence-electron chi connectivity index (χ2n) is 3.94. The lowest BCUT2D eigenvalue weighted by atomic mass is 10.1. The van der Waals surface area contributed by atoms with Crippen LogP contribution in [0.2, 0.25) is 0 Å². The lowest BCUT2D eigenvalue weighted by molar-refractivity contribution is -0.119. The van der Waals surface area contributed by atoms with E-state index in [0.717, 1.165) is 16.9 Å². The van der Waals surface area contributed by atoms with Gasteiger partial charge in [-0.05, 0) is 11.6 Å². The Kier molecular flexibility index (Phi) is 3.96. The Hall–Kier alpha value is -2.30. The Labute approximate surface area is 106 Å². The summed E-state index contributed by atoms with van der Waals surface area (Å²) in [5, 5.41) is 5.92. The predicted molar refractivity (Wildman–Crippen MR) is 70.1 cm³/mol. The average Bonchev–Trinajstić information content (AvgIpc) is 2.91. The number of nitrogens with zero attached hydrogens (tertiary/aromatic N) is 1. The van der Waals surface area contributed by atoms with E-state index in [1.807, 2.05) is 24.3 Å². The summed E-state index contributed by atoms with van der Waals surface area (Å²) in [4.78, 5) is 18.4. The molecule has 0 atom stereocenters. The fourth-order valence-corrected chi connectivity index (χ4v) is 1.68. The van der Waals surface area contributed by atoms with Crippen molar-refractivity contribution in [3.8, 4) is 0 Å². The summed E-state index contributed by atoms with van der Waals surface area (Å²) in [6, 6.07) is 7.79. The Morgan fingerprint density at radius 2 is 2.22 bits per heavy atom. The Morgan fingerprint density at radius 1 is 1.39 bits per heavy atom. The number of rotatable bonds is 5. The summed E-state index contributed by atoms with van der Waals surface area (Å²) in [6.07, 6.45) is 3.80. The second kappa shape index (κ2) is 5.86. The summed E-state index contributed by atoms with van der Waals surface area (Å²) in [5.41, 5.74) is 2.96. The highest BCUT2D eigenvalue weighted by molar-refractivity contribution is 5.80. The van der Waals surface area contributed by atoms with Crippen molar-refractivity contribution in [1.82, 2.24) is 15.3 Å². The molecule has 94 valence electrons. The minimum absolute atomic E-state index is 0.00536. The van der Waals surface area contributed by atoms with Crippen LogP contribution in [0.4, 0.5) is 5.69 Å². The van der Waals surface area contributed by atoms with Crippen LogP contribution in [0.5, 0.6) is 0 Å². The normalized spacial score (nSPS) is 10.1. The third kappa shape index (κ3) is 3.10. The first-order chi connectivity index (χ1) is 8.79. The number of hydrogen-bond donors (Lipinski definition) is 3. The van der Waals surface area contributed by atoms with E-state index in [1.165, 1.54) is 0 Å². The predicted octanol–water partition coefficient (Wildman–Crippen LogP) is 1.31. The molecule has 0 aliphatic rings. The van der Waals surface area contributed by atoms with Crippen molar-refractivity contribution >= 4 is 11.6 Å². The van der Waals surface area contributed by atoms with Gasteiger partial charge in [-0.2, -0.15) is 0 Å². The molecule has 2 rings (SSSR count). The molecule has 1 amide bonds. The fraction of sp³-hybridized carbons (Fsp3) is 0.231. The number of aromatic amines is 1. The van der Waals surface area contributed by atoms with Crippen molar-refractivity contribution in [1.29, 1.82) is 0 Å². The molecule has 0 bridgehead atoms. The zero-order valence-corrected chi connectivity index (χ0v) is 10.2. The summed E-state index contributed by atoms with van der Waals surface area (Å²) in [7, 11) is 1.64. The Balaban J connectivity index is 2.05. The smallest absolute Gasteiger partial charge is 0.224 e. The van der Waals surface area contributed by atoms with Gasteiger partial charge in [-0.15, -0.1) is 0 Å². The van der Waals surface area contributed by atoms with Gasteiger partial charge in [-0.25, -0.2) is 4.98 Å². The first-order valence-corrected chi connectivity index (χ1v) is 5.79. The third-order valence-corrected chi connectivity index (χ3v) is 2.67. The molecule has 0 fully saturated rings. The Morgan fingerprint density at radius 3 is 2.94 bits per heavy atom. The molecule has 5 nitrogen and oxygen atoms in total. The van der Waals surface area contributed by atoms with Crippen molar-refractivity contribution in [3.63, 3.8) is 0 Å². The van der Waals surface area contributed by atoms with E-state index >= 15 is 0 Å². The average molecular weight is 244 g/mol. The van der Waals surface area contributed by atoms with E-state index in [-0.39, 0.29) is 5.91 Å². The standard InChI is InChI=1S/C13H16N4O/c1-14-13(18)6-10-4-2-3-5-12(10)16-8-11-7-15-9-17-11/h2-5,7,9,16H,6,8H2,1H3,(H,14,18)(H,15,17). The van der Waals surface area contributed by atoms with E-state index in [0.29, 0.717) is 13.0 Å². The maximum Gasteiger partial charge on any atom is 0.224 e. The zero-order chi connectivity index (χ0) is 12.8. The number of aromatic nitrogens is 2. The minimum Gasteiger partial charge on any atom is -0.379 e. The van der Waals surface area contributed by atoms with E-state index < -0.39 is 0 Å². The molecule has 2 aromatic rings. The van der Waals surface area contributed by atoms with Gasteiger partial charge < -0.3 is 15.6 Å². The van der Waals surface area contributed by atoms with E-state index in [4.69, 9.17) is 0 Å².